The van der Waals surface area contributed by atoms with E-state index in [-0.39, 0.29) is 0 Å². The van der Waals surface area contributed by atoms with E-state index >= 15 is 0 Å². The molecular formula is C21H24O4S. The minimum atomic E-state index is -1.27. The van der Waals surface area contributed by atoms with Crippen LogP contribution in [-0.2, 0) is 10.5 Å². The Balaban J connectivity index is 1.83. The maximum atomic E-state index is 11.1. The molecule has 1 N–H and O–H groups in total. The summed E-state index contributed by atoms with van der Waals surface area (Å²) in [6, 6.07) is 15.4. The van der Waals surface area contributed by atoms with E-state index in [0.29, 0.717) is 18.1 Å². The van der Waals surface area contributed by atoms with Crippen molar-refractivity contribution in [3.63, 3.8) is 0 Å². The predicted octanol–water partition coefficient (Wildman–Crippen LogP) is 4.88. The van der Waals surface area contributed by atoms with Crippen molar-refractivity contribution in [1.82, 2.24) is 0 Å². The maximum absolute atomic E-state index is 11.1. The fourth-order valence-electron chi connectivity index (χ4n) is 2.16. The number of hydrogen-bond donors (Lipinski definition) is 1. The number of aliphatic carboxylic acids is 1. The molecule has 0 bridgehead atoms. The van der Waals surface area contributed by atoms with Gasteiger partial charge in [-0.1, -0.05) is 30.3 Å². The number of benzene rings is 2. The third-order valence-corrected chi connectivity index (χ3v) is 4.28. The Morgan fingerprint density at radius 3 is 2.27 bits per heavy atom. The second kappa shape index (κ2) is 9.34. The molecule has 2 aromatic carbocycles. The van der Waals surface area contributed by atoms with E-state index < -0.39 is 11.6 Å². The van der Waals surface area contributed by atoms with Crippen molar-refractivity contribution in [3.05, 3.63) is 65.7 Å². The molecule has 0 unspecified atom stereocenters. The van der Waals surface area contributed by atoms with Crippen LogP contribution in [0.1, 0.15) is 25.0 Å². The highest BCUT2D eigenvalue weighted by Gasteiger charge is 2.29. The minimum Gasteiger partial charge on any atom is -0.490 e. The van der Waals surface area contributed by atoms with Crippen molar-refractivity contribution in [2.24, 2.45) is 0 Å². The molecule has 0 atom stereocenters. The van der Waals surface area contributed by atoms with Gasteiger partial charge in [0.05, 0.1) is 0 Å². The first-order valence-corrected chi connectivity index (χ1v) is 9.70. The van der Waals surface area contributed by atoms with Crippen LogP contribution in [0.3, 0.4) is 0 Å². The normalized spacial score (nSPS) is 11.5. The number of rotatable bonds is 9. The molecule has 0 saturated heterocycles. The van der Waals surface area contributed by atoms with Crippen LogP contribution in [0.5, 0.6) is 11.5 Å². The molecule has 0 amide bonds. The third kappa shape index (κ3) is 6.15. The van der Waals surface area contributed by atoms with Gasteiger partial charge < -0.3 is 14.6 Å². The zero-order chi connectivity index (χ0) is 19.0. The molecule has 0 saturated carbocycles. The lowest BCUT2D eigenvalue weighted by Crippen LogP contribution is -2.37. The average molecular weight is 372 g/mol. The second-order valence-corrected chi connectivity index (χ2v) is 7.14. The van der Waals surface area contributed by atoms with Crippen molar-refractivity contribution in [2.45, 2.75) is 25.2 Å². The summed E-state index contributed by atoms with van der Waals surface area (Å²) in [6.45, 7) is 3.48. The molecule has 0 aliphatic heterocycles. The van der Waals surface area contributed by atoms with Gasteiger partial charge in [-0.25, -0.2) is 4.79 Å². The summed E-state index contributed by atoms with van der Waals surface area (Å²) in [6.07, 6.45) is 6.08. The smallest absolute Gasteiger partial charge is 0.347 e. The molecule has 4 nitrogen and oxygen atoms in total. The first-order valence-electron chi connectivity index (χ1n) is 8.30. The van der Waals surface area contributed by atoms with E-state index in [1.807, 2.05) is 23.9 Å². The van der Waals surface area contributed by atoms with Gasteiger partial charge in [-0.2, -0.15) is 11.8 Å². The molecule has 138 valence electrons. The van der Waals surface area contributed by atoms with Crippen molar-refractivity contribution >= 4 is 23.8 Å². The molecule has 0 radical (unpaired) electrons. The topological polar surface area (TPSA) is 55.8 Å². The Bertz CT molecular complexity index is 734. The first-order chi connectivity index (χ1) is 12.4. The van der Waals surface area contributed by atoms with Crippen LogP contribution in [0.15, 0.2) is 54.6 Å². The Morgan fingerprint density at radius 2 is 1.69 bits per heavy atom. The van der Waals surface area contributed by atoms with Gasteiger partial charge >= 0.3 is 5.97 Å². The maximum Gasteiger partial charge on any atom is 0.347 e. The van der Waals surface area contributed by atoms with Crippen LogP contribution in [0.2, 0.25) is 0 Å². The predicted molar refractivity (Wildman–Crippen MR) is 107 cm³/mol. The van der Waals surface area contributed by atoms with Crippen LogP contribution < -0.4 is 9.47 Å². The average Bonchev–Trinajstić information content (AvgIpc) is 2.61. The lowest BCUT2D eigenvalue weighted by molar-refractivity contribution is -0.152. The summed E-state index contributed by atoms with van der Waals surface area (Å²) in [5, 5.41) is 9.08. The Hall–Kier alpha value is -2.40. The number of thioether (sulfide) groups is 1. The van der Waals surface area contributed by atoms with E-state index in [4.69, 9.17) is 14.6 Å². The first kappa shape index (κ1) is 19.9. The Kier molecular flexibility index (Phi) is 7.16. The van der Waals surface area contributed by atoms with Crippen LogP contribution in [0, 0.1) is 0 Å². The van der Waals surface area contributed by atoms with E-state index in [9.17, 15) is 4.79 Å². The standard InChI is InChI=1S/C21H24O4S/c1-21(2,20(22)23)25-19-12-10-18(11-13-19)24-14-4-5-16-6-8-17(9-7-16)15-26-3/h4-13H,14-15H2,1-3H3,(H,22,23)/b5-4+. The van der Waals surface area contributed by atoms with Crippen LogP contribution in [-0.4, -0.2) is 29.5 Å². The van der Waals surface area contributed by atoms with Gasteiger partial charge in [-0.15, -0.1) is 0 Å². The van der Waals surface area contributed by atoms with E-state index in [1.165, 1.54) is 19.4 Å². The monoisotopic (exact) mass is 372 g/mol. The van der Waals surface area contributed by atoms with Crippen LogP contribution in [0.25, 0.3) is 6.08 Å². The fraction of sp³-hybridized carbons (Fsp3) is 0.286. The molecule has 0 aliphatic rings. The SMILES string of the molecule is CSCc1ccc(/C=C/COc2ccc(OC(C)(C)C(=O)O)cc2)cc1. The third-order valence-electron chi connectivity index (χ3n) is 3.66. The highest BCUT2D eigenvalue weighted by Crippen LogP contribution is 2.22. The van der Waals surface area contributed by atoms with Crippen LogP contribution in [0.4, 0.5) is 0 Å². The summed E-state index contributed by atoms with van der Waals surface area (Å²) < 4.78 is 11.1. The number of carbonyl (C=O) groups is 1. The van der Waals surface area contributed by atoms with Gasteiger partial charge in [0.15, 0.2) is 5.60 Å². The lowest BCUT2D eigenvalue weighted by Gasteiger charge is -2.21. The molecule has 5 heteroatoms. The zero-order valence-electron chi connectivity index (χ0n) is 15.3. The number of carboxylic acid groups (broad SMARTS) is 1. The summed E-state index contributed by atoms with van der Waals surface area (Å²) in [5.74, 6) is 1.21. The largest absolute Gasteiger partial charge is 0.490 e. The Labute approximate surface area is 158 Å². The molecule has 26 heavy (non-hydrogen) atoms. The molecule has 0 spiro atoms. The van der Waals surface area contributed by atoms with Crippen LogP contribution >= 0.6 is 11.8 Å². The molecule has 0 heterocycles. The number of hydrogen-bond acceptors (Lipinski definition) is 4. The summed E-state index contributed by atoms with van der Waals surface area (Å²) in [5.41, 5.74) is 1.19. The molecule has 0 aromatic heterocycles. The van der Waals surface area contributed by atoms with Gasteiger partial charge in [-0.3, -0.25) is 0 Å². The van der Waals surface area contributed by atoms with Gasteiger partial charge in [0.2, 0.25) is 0 Å². The van der Waals surface area contributed by atoms with E-state index in [2.05, 4.69) is 30.5 Å². The molecule has 0 aliphatic carbocycles. The lowest BCUT2D eigenvalue weighted by atomic mass is 10.1. The minimum absolute atomic E-state index is 0.452. The van der Waals surface area contributed by atoms with Crippen molar-refractivity contribution < 1.29 is 19.4 Å². The van der Waals surface area contributed by atoms with Crippen molar-refractivity contribution in [2.75, 3.05) is 12.9 Å². The molecule has 0 fully saturated rings. The highest BCUT2D eigenvalue weighted by molar-refractivity contribution is 7.97. The van der Waals surface area contributed by atoms with Gasteiger partial charge in [0.1, 0.15) is 18.1 Å². The quantitative estimate of drug-likeness (QED) is 0.679. The van der Waals surface area contributed by atoms with Crippen molar-refractivity contribution in [1.29, 1.82) is 0 Å². The van der Waals surface area contributed by atoms with E-state index in [1.54, 1.807) is 24.3 Å². The molecule has 2 rings (SSSR count). The fourth-order valence-corrected chi connectivity index (χ4v) is 2.69. The van der Waals surface area contributed by atoms with Crippen molar-refractivity contribution in [3.8, 4) is 11.5 Å². The number of ether oxygens (including phenoxy) is 2. The highest BCUT2D eigenvalue weighted by atomic mass is 32.2. The molecule has 2 aromatic rings. The van der Waals surface area contributed by atoms with Gasteiger partial charge in [0.25, 0.3) is 0 Å². The molecular weight excluding hydrogens is 348 g/mol. The second-order valence-electron chi connectivity index (χ2n) is 6.28. The zero-order valence-corrected chi connectivity index (χ0v) is 16.1. The van der Waals surface area contributed by atoms with Gasteiger partial charge in [-0.05, 0) is 61.6 Å². The Morgan fingerprint density at radius 1 is 1.08 bits per heavy atom. The summed E-state index contributed by atoms with van der Waals surface area (Å²) in [4.78, 5) is 11.1. The number of carboxylic acids is 1. The van der Waals surface area contributed by atoms with Gasteiger partial charge in [0, 0.05) is 5.75 Å². The summed E-state index contributed by atoms with van der Waals surface area (Å²) in [7, 11) is 0. The van der Waals surface area contributed by atoms with E-state index in [0.717, 1.165) is 11.3 Å². The summed E-state index contributed by atoms with van der Waals surface area (Å²) >= 11 is 1.81.